The van der Waals surface area contributed by atoms with E-state index >= 15 is 0 Å². The second-order valence-corrected chi connectivity index (χ2v) is 7.70. The van der Waals surface area contributed by atoms with Crippen LogP contribution >= 0.6 is 11.3 Å². The Hall–Kier alpha value is -1.89. The van der Waals surface area contributed by atoms with Crippen molar-refractivity contribution in [1.82, 2.24) is 15.6 Å². The molecule has 0 saturated carbocycles. The lowest BCUT2D eigenvalue weighted by molar-refractivity contribution is 0.0531. The molecule has 6 nitrogen and oxygen atoms in total. The number of allylic oxidation sites excluding steroid dienone is 1. The first-order valence-corrected chi connectivity index (χ1v) is 10.7. The molecule has 0 amide bonds. The molecule has 7 heteroatoms. The average Bonchev–Trinajstić information content (AvgIpc) is 3.05. The van der Waals surface area contributed by atoms with Gasteiger partial charge in [-0.2, -0.15) is 0 Å². The molecule has 0 fully saturated rings. The summed E-state index contributed by atoms with van der Waals surface area (Å²) in [6.45, 7) is 9.68. The molecule has 2 rings (SSSR count). The third kappa shape index (κ3) is 6.65. The summed E-state index contributed by atoms with van der Waals surface area (Å²) >= 11 is 1.38. The number of rotatable bonds is 8. The zero-order valence-electron chi connectivity index (χ0n) is 16.9. The Morgan fingerprint density at radius 3 is 2.89 bits per heavy atom. The molecule has 0 aromatic carbocycles. The van der Waals surface area contributed by atoms with Crippen molar-refractivity contribution in [2.45, 2.75) is 65.8 Å². The van der Waals surface area contributed by atoms with Crippen molar-refractivity contribution in [2.24, 2.45) is 4.99 Å². The lowest BCUT2D eigenvalue weighted by Crippen LogP contribution is -2.38. The van der Waals surface area contributed by atoms with Gasteiger partial charge in [-0.25, -0.2) is 9.78 Å². The van der Waals surface area contributed by atoms with Crippen molar-refractivity contribution in [1.29, 1.82) is 0 Å². The molecule has 27 heavy (non-hydrogen) atoms. The van der Waals surface area contributed by atoms with Crippen molar-refractivity contribution < 1.29 is 9.53 Å². The SMILES string of the molecule is CCNC(=NCCC1=CCCCC1)NC(C)c1nc(C)c(C(=O)OCC)s1. The Bertz CT molecular complexity index is 682. The van der Waals surface area contributed by atoms with Gasteiger partial charge in [0.25, 0.3) is 0 Å². The highest BCUT2D eigenvalue weighted by atomic mass is 32.1. The van der Waals surface area contributed by atoms with E-state index in [9.17, 15) is 4.79 Å². The maximum atomic E-state index is 12.0. The van der Waals surface area contributed by atoms with Crippen LogP contribution in [0, 0.1) is 6.92 Å². The van der Waals surface area contributed by atoms with Crippen LogP contribution in [0.3, 0.4) is 0 Å². The molecular formula is C20H32N4O2S. The van der Waals surface area contributed by atoms with Crippen molar-refractivity contribution >= 4 is 23.3 Å². The molecule has 150 valence electrons. The molecule has 0 saturated heterocycles. The number of hydrogen-bond acceptors (Lipinski definition) is 5. The van der Waals surface area contributed by atoms with Crippen molar-refractivity contribution in [3.05, 3.63) is 27.2 Å². The Morgan fingerprint density at radius 1 is 1.41 bits per heavy atom. The van der Waals surface area contributed by atoms with Gasteiger partial charge in [0.2, 0.25) is 0 Å². The van der Waals surface area contributed by atoms with Crippen LogP contribution in [0.25, 0.3) is 0 Å². The fraction of sp³-hybridized carbons (Fsp3) is 0.650. The van der Waals surface area contributed by atoms with E-state index in [1.54, 1.807) is 0 Å². The number of thiazole rings is 1. The molecule has 0 bridgehead atoms. The van der Waals surface area contributed by atoms with Gasteiger partial charge in [0.1, 0.15) is 9.88 Å². The second-order valence-electron chi connectivity index (χ2n) is 6.67. The highest BCUT2D eigenvalue weighted by molar-refractivity contribution is 7.13. The standard InChI is InChI=1S/C20H32N4O2S/c1-5-21-20(22-13-12-16-10-8-7-9-11-16)24-15(4)18-23-14(3)17(27-18)19(25)26-6-2/h10,15H,5-9,11-13H2,1-4H3,(H2,21,22,24). The summed E-state index contributed by atoms with van der Waals surface area (Å²) in [5.41, 5.74) is 2.25. The topological polar surface area (TPSA) is 75.6 Å². The summed E-state index contributed by atoms with van der Waals surface area (Å²) in [7, 11) is 0. The van der Waals surface area contributed by atoms with Crippen molar-refractivity contribution in [3.63, 3.8) is 0 Å². The molecule has 0 radical (unpaired) electrons. The normalized spacial score (nSPS) is 15.9. The first-order valence-electron chi connectivity index (χ1n) is 9.92. The maximum absolute atomic E-state index is 12.0. The van der Waals surface area contributed by atoms with Crippen LogP contribution in [0.15, 0.2) is 16.6 Å². The Kier molecular flexibility index (Phi) is 8.78. The lowest BCUT2D eigenvalue weighted by Gasteiger charge is -2.16. The van der Waals surface area contributed by atoms with Gasteiger partial charge in [0.15, 0.2) is 5.96 Å². The van der Waals surface area contributed by atoms with E-state index in [2.05, 4.69) is 28.6 Å². The lowest BCUT2D eigenvalue weighted by atomic mass is 9.97. The summed E-state index contributed by atoms with van der Waals surface area (Å²) < 4.78 is 5.10. The minimum absolute atomic E-state index is 0.0384. The summed E-state index contributed by atoms with van der Waals surface area (Å²) in [4.78, 5) is 21.8. The number of nitrogens with one attached hydrogen (secondary N) is 2. The molecule has 1 heterocycles. The number of carbonyl (C=O) groups excluding carboxylic acids is 1. The summed E-state index contributed by atoms with van der Waals surface area (Å²) in [5.74, 6) is 0.485. The van der Waals surface area contributed by atoms with E-state index in [0.29, 0.717) is 17.2 Å². The van der Waals surface area contributed by atoms with E-state index in [-0.39, 0.29) is 12.0 Å². The third-order valence-corrected chi connectivity index (χ3v) is 5.75. The molecule has 1 atom stereocenters. The van der Waals surface area contributed by atoms with Crippen LogP contribution in [-0.2, 0) is 4.74 Å². The minimum atomic E-state index is -0.299. The molecule has 1 unspecified atom stereocenters. The Morgan fingerprint density at radius 2 is 2.22 bits per heavy atom. The summed E-state index contributed by atoms with van der Waals surface area (Å²) in [6.07, 6.45) is 8.43. The highest BCUT2D eigenvalue weighted by Gasteiger charge is 2.20. The fourth-order valence-corrected chi connectivity index (χ4v) is 3.98. The Labute approximate surface area is 166 Å². The fourth-order valence-electron chi connectivity index (χ4n) is 3.02. The molecule has 0 aliphatic heterocycles. The first kappa shape index (κ1) is 21.4. The molecule has 0 spiro atoms. The highest BCUT2D eigenvalue weighted by Crippen LogP contribution is 2.24. The van der Waals surface area contributed by atoms with E-state index in [1.165, 1.54) is 42.6 Å². The van der Waals surface area contributed by atoms with Crippen LogP contribution in [0.1, 0.15) is 79.3 Å². The number of aryl methyl sites for hydroxylation is 1. The van der Waals surface area contributed by atoms with Gasteiger partial charge >= 0.3 is 5.97 Å². The molecule has 2 N–H and O–H groups in total. The zero-order valence-corrected chi connectivity index (χ0v) is 17.7. The van der Waals surface area contributed by atoms with Crippen LogP contribution in [-0.4, -0.2) is 36.6 Å². The number of ether oxygens (including phenoxy) is 1. The van der Waals surface area contributed by atoms with Gasteiger partial charge in [0.05, 0.1) is 18.3 Å². The molecule has 1 aliphatic rings. The van der Waals surface area contributed by atoms with Gasteiger partial charge < -0.3 is 15.4 Å². The molecule has 1 aromatic heterocycles. The van der Waals surface area contributed by atoms with Crippen LogP contribution in [0.4, 0.5) is 0 Å². The van der Waals surface area contributed by atoms with Crippen molar-refractivity contribution in [2.75, 3.05) is 19.7 Å². The van der Waals surface area contributed by atoms with E-state index in [4.69, 9.17) is 9.73 Å². The molecule has 1 aliphatic carbocycles. The number of hydrogen-bond donors (Lipinski definition) is 2. The predicted molar refractivity (Wildman–Crippen MR) is 112 cm³/mol. The second kappa shape index (κ2) is 11.1. The van der Waals surface area contributed by atoms with Crippen LogP contribution in [0.5, 0.6) is 0 Å². The quantitative estimate of drug-likeness (QED) is 0.301. The van der Waals surface area contributed by atoms with E-state index < -0.39 is 0 Å². The number of aliphatic imine (C=N–C) groups is 1. The third-order valence-electron chi connectivity index (χ3n) is 4.43. The molecule has 1 aromatic rings. The number of guanidine groups is 1. The number of aromatic nitrogens is 1. The van der Waals surface area contributed by atoms with E-state index in [0.717, 1.165) is 30.5 Å². The number of esters is 1. The largest absolute Gasteiger partial charge is 0.462 e. The minimum Gasteiger partial charge on any atom is -0.462 e. The molecular weight excluding hydrogens is 360 g/mol. The van der Waals surface area contributed by atoms with Crippen LogP contribution < -0.4 is 10.6 Å². The van der Waals surface area contributed by atoms with E-state index in [1.807, 2.05) is 20.8 Å². The first-order chi connectivity index (χ1) is 13.0. The van der Waals surface area contributed by atoms with Gasteiger partial charge in [-0.3, -0.25) is 4.99 Å². The van der Waals surface area contributed by atoms with Crippen LogP contribution in [0.2, 0.25) is 0 Å². The summed E-state index contributed by atoms with van der Waals surface area (Å²) in [6, 6.07) is -0.0384. The number of nitrogens with zero attached hydrogens (tertiary/aromatic N) is 2. The van der Waals surface area contributed by atoms with Gasteiger partial charge in [-0.15, -0.1) is 11.3 Å². The summed E-state index contributed by atoms with van der Waals surface area (Å²) in [5, 5.41) is 7.55. The Balaban J connectivity index is 1.98. The zero-order chi connectivity index (χ0) is 19.6. The number of carbonyl (C=O) groups is 1. The van der Waals surface area contributed by atoms with Gasteiger partial charge in [-0.1, -0.05) is 11.6 Å². The van der Waals surface area contributed by atoms with Gasteiger partial charge in [0, 0.05) is 13.1 Å². The smallest absolute Gasteiger partial charge is 0.350 e. The average molecular weight is 393 g/mol. The predicted octanol–water partition coefficient (Wildman–Crippen LogP) is 4.13. The maximum Gasteiger partial charge on any atom is 0.350 e. The van der Waals surface area contributed by atoms with Gasteiger partial charge in [-0.05, 0) is 59.8 Å². The monoisotopic (exact) mass is 392 g/mol. The van der Waals surface area contributed by atoms with Crippen molar-refractivity contribution in [3.8, 4) is 0 Å².